The predicted octanol–water partition coefficient (Wildman–Crippen LogP) is -1.94. The number of ether oxygens (including phenoxy) is 1. The molecular formula is C26H42N4O5. The molecule has 0 aromatic heterocycles. The molecule has 2 bridgehead atoms. The molecule has 9 nitrogen and oxygen atoms in total. The van der Waals surface area contributed by atoms with Gasteiger partial charge in [-0.25, -0.2) is 4.99 Å². The number of piperidine rings is 1. The Kier molecular flexibility index (Phi) is 6.12. The topological polar surface area (TPSA) is 145 Å². The van der Waals surface area contributed by atoms with Crippen LogP contribution in [0.15, 0.2) is 16.1 Å². The maximum Gasteiger partial charge on any atom is 0.293 e. The Morgan fingerprint density at radius 2 is 2.11 bits per heavy atom. The number of allylic oxidation sites excluding steroid dienone is 1. The van der Waals surface area contributed by atoms with Gasteiger partial charge in [-0.3, -0.25) is 4.90 Å². The molecule has 0 amide bonds. The fourth-order valence-corrected chi connectivity index (χ4v) is 10.4. The molecule has 196 valence electrons. The smallest absolute Gasteiger partial charge is 0.293 e. The van der Waals surface area contributed by atoms with Crippen LogP contribution in [0.3, 0.4) is 0 Å². The number of carbonyl (C=O) groups excluding carboxylic acids is 1. The molecule has 5 rings (SSSR count). The van der Waals surface area contributed by atoms with Gasteiger partial charge in [-0.05, 0) is 43.9 Å². The highest BCUT2D eigenvalue weighted by atomic mass is 16.5. The SMILES string of the molecule is CN=C(N)[NH+]1CC[C@]2(CNCCO)CC[C@H]3[C@@]45C(=C(C(=O)[O-])[C@@]3(O)COC)C[C@@H](CC[C@H]4C)[C@]25C1. The largest absolute Gasteiger partial charge is 0.545 e. The number of nitrogens with two attached hydrogens (primary N) is 1. The molecule has 1 heterocycles. The number of hydrogen-bond acceptors (Lipinski definition) is 7. The van der Waals surface area contributed by atoms with Crippen LogP contribution >= 0.6 is 0 Å². The van der Waals surface area contributed by atoms with Gasteiger partial charge in [0, 0.05) is 61.4 Å². The van der Waals surface area contributed by atoms with Crippen molar-refractivity contribution in [3.8, 4) is 0 Å². The molecule has 35 heavy (non-hydrogen) atoms. The number of guanidine groups is 1. The summed E-state index contributed by atoms with van der Waals surface area (Å²) in [6.07, 6.45) is 5.34. The van der Waals surface area contributed by atoms with E-state index >= 15 is 0 Å². The van der Waals surface area contributed by atoms with E-state index in [9.17, 15) is 20.1 Å². The second-order valence-electron chi connectivity index (χ2n) is 11.9. The third-order valence-corrected chi connectivity index (χ3v) is 11.2. The summed E-state index contributed by atoms with van der Waals surface area (Å²) < 4.78 is 5.49. The molecule has 0 radical (unpaired) electrons. The summed E-state index contributed by atoms with van der Waals surface area (Å²) in [5.74, 6) is -0.352. The molecule has 4 fully saturated rings. The number of rotatable bonds is 7. The van der Waals surface area contributed by atoms with Crippen molar-refractivity contribution in [1.82, 2.24) is 5.32 Å². The third kappa shape index (κ3) is 2.87. The van der Waals surface area contributed by atoms with E-state index in [1.807, 2.05) is 0 Å². The molecule has 1 aliphatic heterocycles. The third-order valence-electron chi connectivity index (χ3n) is 11.2. The van der Waals surface area contributed by atoms with Crippen LogP contribution in [0.25, 0.3) is 0 Å². The Hall–Kier alpha value is -1.52. The van der Waals surface area contributed by atoms with E-state index in [-0.39, 0.29) is 41.5 Å². The number of carbonyl (C=O) groups is 1. The highest BCUT2D eigenvalue weighted by molar-refractivity contribution is 5.90. The number of aliphatic hydroxyl groups excluding tert-OH is 1. The zero-order valence-electron chi connectivity index (χ0n) is 21.4. The maximum absolute atomic E-state index is 12.7. The van der Waals surface area contributed by atoms with E-state index in [2.05, 4.69) is 17.2 Å². The average Bonchev–Trinajstić information content (AvgIpc) is 3.17. The van der Waals surface area contributed by atoms with E-state index < -0.39 is 17.0 Å². The summed E-state index contributed by atoms with van der Waals surface area (Å²) in [7, 11) is 3.26. The van der Waals surface area contributed by atoms with Crippen molar-refractivity contribution in [2.45, 2.75) is 51.0 Å². The van der Waals surface area contributed by atoms with Crippen molar-refractivity contribution in [1.29, 1.82) is 0 Å². The standard InChI is InChI=1S/C26H42N4O5/c1-16-4-5-17-12-18-20(21(32)33)24(34,15-35-3)19-6-7-23(13-29-9-11-31)8-10-30(22(27)28-2)14-25(17,23)26(16,18)19/h16-17,19,29,31,34H,4-15H2,1-3H3,(H2,27,28)(H,32,33)/t16-,17-,19-,23+,24-,25-,26+/m1/s1. The number of carboxylic acid groups (broad SMARTS) is 1. The fraction of sp³-hybridized carbons (Fsp3) is 0.846. The van der Waals surface area contributed by atoms with Gasteiger partial charge in [0.1, 0.15) is 5.60 Å². The molecule has 6 N–H and O–H groups in total. The molecule has 3 saturated carbocycles. The Morgan fingerprint density at radius 1 is 1.34 bits per heavy atom. The summed E-state index contributed by atoms with van der Waals surface area (Å²) in [4.78, 5) is 18.2. The van der Waals surface area contributed by atoms with Crippen LogP contribution in [0.4, 0.5) is 0 Å². The van der Waals surface area contributed by atoms with Crippen LogP contribution in [-0.4, -0.2) is 81.3 Å². The van der Waals surface area contributed by atoms with Gasteiger partial charge in [-0.2, -0.15) is 0 Å². The fourth-order valence-electron chi connectivity index (χ4n) is 10.4. The lowest BCUT2D eigenvalue weighted by Gasteiger charge is -2.70. The van der Waals surface area contributed by atoms with E-state index in [0.29, 0.717) is 24.8 Å². The summed E-state index contributed by atoms with van der Waals surface area (Å²) in [5, 5.41) is 37.9. The van der Waals surface area contributed by atoms with Gasteiger partial charge < -0.3 is 35.9 Å². The predicted molar refractivity (Wildman–Crippen MR) is 128 cm³/mol. The number of hydrogen-bond donors (Lipinski definition) is 5. The molecule has 8 atom stereocenters. The quantitative estimate of drug-likeness (QED) is 0.159. The van der Waals surface area contributed by atoms with Crippen LogP contribution in [-0.2, 0) is 9.53 Å². The van der Waals surface area contributed by atoms with Crippen LogP contribution in [0.5, 0.6) is 0 Å². The second-order valence-corrected chi connectivity index (χ2v) is 11.9. The Balaban J connectivity index is 1.78. The monoisotopic (exact) mass is 490 g/mol. The molecule has 0 aromatic rings. The van der Waals surface area contributed by atoms with Crippen LogP contribution < -0.4 is 21.1 Å². The van der Waals surface area contributed by atoms with Crippen LogP contribution in [0.2, 0.25) is 0 Å². The van der Waals surface area contributed by atoms with Crippen molar-refractivity contribution in [3.05, 3.63) is 11.1 Å². The van der Waals surface area contributed by atoms with Crippen molar-refractivity contribution in [3.63, 3.8) is 0 Å². The second kappa shape index (κ2) is 8.52. The first-order valence-corrected chi connectivity index (χ1v) is 13.3. The number of nitrogens with zero attached hydrogens (tertiary/aromatic N) is 1. The highest BCUT2D eigenvalue weighted by Crippen LogP contribution is 2.83. The zero-order valence-corrected chi connectivity index (χ0v) is 21.4. The van der Waals surface area contributed by atoms with Crippen molar-refractivity contribution < 1.29 is 29.8 Å². The van der Waals surface area contributed by atoms with Gasteiger partial charge in [0.15, 0.2) is 0 Å². The minimum absolute atomic E-state index is 0.0371. The number of aliphatic imine (C=N–C) groups is 1. The van der Waals surface area contributed by atoms with Crippen molar-refractivity contribution in [2.75, 3.05) is 53.6 Å². The number of aliphatic hydroxyl groups is 2. The van der Waals surface area contributed by atoms with Gasteiger partial charge in [0.25, 0.3) is 5.96 Å². The summed E-state index contributed by atoms with van der Waals surface area (Å²) >= 11 is 0. The normalized spacial score (nSPS) is 46.5. The number of likely N-dealkylation sites (tertiary alicyclic amines) is 1. The molecule has 9 heteroatoms. The lowest BCUT2D eigenvalue weighted by molar-refractivity contribution is -0.832. The van der Waals surface area contributed by atoms with Crippen molar-refractivity contribution >= 4 is 11.9 Å². The minimum atomic E-state index is -1.56. The number of quaternary nitrogens is 1. The summed E-state index contributed by atoms with van der Waals surface area (Å²) in [6, 6.07) is 0. The lowest BCUT2D eigenvalue weighted by atomic mass is 9.34. The first-order valence-electron chi connectivity index (χ1n) is 13.3. The molecule has 2 spiro atoms. The summed E-state index contributed by atoms with van der Waals surface area (Å²) in [5.41, 5.74) is 5.15. The number of aliphatic carboxylic acids is 1. The molecule has 1 unspecified atom stereocenters. The van der Waals surface area contributed by atoms with Crippen LogP contribution in [0, 0.1) is 34.0 Å². The van der Waals surface area contributed by atoms with E-state index in [1.165, 1.54) is 12.0 Å². The van der Waals surface area contributed by atoms with Gasteiger partial charge in [-0.15, -0.1) is 0 Å². The minimum Gasteiger partial charge on any atom is -0.545 e. The van der Waals surface area contributed by atoms with Crippen LogP contribution in [0.1, 0.15) is 45.4 Å². The average molecular weight is 491 g/mol. The van der Waals surface area contributed by atoms with E-state index in [4.69, 9.17) is 10.5 Å². The van der Waals surface area contributed by atoms with Gasteiger partial charge >= 0.3 is 0 Å². The molecular weight excluding hydrogens is 448 g/mol. The van der Waals surface area contributed by atoms with Gasteiger partial charge in [0.2, 0.25) is 0 Å². The van der Waals surface area contributed by atoms with E-state index in [1.54, 1.807) is 7.05 Å². The molecule has 4 aliphatic carbocycles. The highest BCUT2D eigenvalue weighted by Gasteiger charge is 2.83. The molecule has 0 aromatic carbocycles. The Bertz CT molecular complexity index is 954. The van der Waals surface area contributed by atoms with Gasteiger partial charge in [-0.1, -0.05) is 12.5 Å². The number of methoxy groups -OCH3 is 1. The summed E-state index contributed by atoms with van der Waals surface area (Å²) in [6.45, 7) is 5.28. The van der Waals surface area contributed by atoms with E-state index in [0.717, 1.165) is 57.3 Å². The lowest BCUT2D eigenvalue weighted by Crippen LogP contribution is -3.19. The first kappa shape index (κ1) is 25.1. The Morgan fingerprint density at radius 3 is 2.77 bits per heavy atom. The zero-order chi connectivity index (χ0) is 25.2. The maximum atomic E-state index is 12.7. The Labute approximate surface area is 207 Å². The van der Waals surface area contributed by atoms with Gasteiger partial charge in [0.05, 0.1) is 32.3 Å². The molecule has 5 aliphatic rings. The number of carboxylic acids is 1. The number of nitrogens with one attached hydrogen (secondary N) is 2. The first-order chi connectivity index (χ1) is 16.7. The molecule has 1 saturated heterocycles. The van der Waals surface area contributed by atoms with Crippen molar-refractivity contribution in [2.24, 2.45) is 44.7 Å².